The minimum absolute atomic E-state index is 0.276. The van der Waals surface area contributed by atoms with Gasteiger partial charge >= 0.3 is 0 Å². The van der Waals surface area contributed by atoms with Crippen LogP contribution >= 0.6 is 0 Å². The lowest BCUT2D eigenvalue weighted by Gasteiger charge is -2.20. The average molecular weight is 291 g/mol. The number of likely N-dealkylation sites (N-methyl/N-ethyl adjacent to an activating group) is 1. The molecule has 0 spiro atoms. The summed E-state index contributed by atoms with van der Waals surface area (Å²) < 4.78 is 0. The van der Waals surface area contributed by atoms with Crippen molar-refractivity contribution in [1.82, 2.24) is 16.0 Å². The molecule has 114 valence electrons. The van der Waals surface area contributed by atoms with Crippen LogP contribution in [0.5, 0.6) is 0 Å². The number of hydrogen-bond donors (Lipinski definition) is 3. The molecule has 0 heterocycles. The maximum atomic E-state index is 12.0. The molecule has 0 radical (unpaired) electrons. The summed E-state index contributed by atoms with van der Waals surface area (Å²) in [7, 11) is 1.52. The quantitative estimate of drug-likeness (QED) is 0.688. The molecule has 6 heteroatoms. The molecule has 0 aromatic heterocycles. The van der Waals surface area contributed by atoms with E-state index in [0.29, 0.717) is 6.42 Å². The van der Waals surface area contributed by atoms with E-state index in [4.69, 9.17) is 0 Å². The molecule has 0 unspecified atom stereocenters. The first-order valence-electron chi connectivity index (χ1n) is 6.77. The third-order valence-electron chi connectivity index (χ3n) is 2.98. The third kappa shape index (κ3) is 5.64. The fourth-order valence-corrected chi connectivity index (χ4v) is 1.90. The van der Waals surface area contributed by atoms with Crippen molar-refractivity contribution in [2.45, 2.75) is 32.4 Å². The van der Waals surface area contributed by atoms with Crippen LogP contribution in [0.25, 0.3) is 0 Å². The van der Waals surface area contributed by atoms with Gasteiger partial charge in [0.05, 0.1) is 0 Å². The van der Waals surface area contributed by atoms with Gasteiger partial charge in [-0.05, 0) is 12.5 Å². The Morgan fingerprint density at radius 1 is 1.05 bits per heavy atom. The molecule has 0 aliphatic carbocycles. The van der Waals surface area contributed by atoms with Gasteiger partial charge in [-0.1, -0.05) is 30.3 Å². The number of carbonyl (C=O) groups is 3. The predicted molar refractivity (Wildman–Crippen MR) is 79.4 cm³/mol. The molecule has 0 bridgehead atoms. The standard InChI is InChI=1S/C15H21N3O3/c1-10(17-11(2)19)14(20)18-13(15(21)16-3)9-12-7-5-4-6-8-12/h4-8,10,13H,9H2,1-3H3,(H,16,21)(H,17,19)(H,18,20)/t10-,13-/m0/s1. The van der Waals surface area contributed by atoms with Gasteiger partial charge in [-0.25, -0.2) is 0 Å². The van der Waals surface area contributed by atoms with Crippen LogP contribution in [0.4, 0.5) is 0 Å². The van der Waals surface area contributed by atoms with Crippen molar-refractivity contribution in [2.24, 2.45) is 0 Å². The van der Waals surface area contributed by atoms with Crippen molar-refractivity contribution in [3.8, 4) is 0 Å². The van der Waals surface area contributed by atoms with Crippen LogP contribution in [0, 0.1) is 0 Å². The van der Waals surface area contributed by atoms with Crippen LogP contribution in [-0.4, -0.2) is 36.9 Å². The third-order valence-corrected chi connectivity index (χ3v) is 2.98. The van der Waals surface area contributed by atoms with E-state index in [1.165, 1.54) is 14.0 Å². The normalized spacial score (nSPS) is 12.9. The zero-order chi connectivity index (χ0) is 15.8. The van der Waals surface area contributed by atoms with Crippen LogP contribution in [0.3, 0.4) is 0 Å². The molecular formula is C15H21N3O3. The summed E-state index contributed by atoms with van der Waals surface area (Å²) in [6.07, 6.45) is 0.388. The molecule has 2 atom stereocenters. The fourth-order valence-electron chi connectivity index (χ4n) is 1.90. The van der Waals surface area contributed by atoms with E-state index in [9.17, 15) is 14.4 Å². The molecule has 0 saturated heterocycles. The number of carbonyl (C=O) groups excluding carboxylic acids is 3. The van der Waals surface area contributed by atoms with Gasteiger partial charge in [-0.2, -0.15) is 0 Å². The van der Waals surface area contributed by atoms with Gasteiger partial charge in [-0.3, -0.25) is 14.4 Å². The Bertz CT molecular complexity index is 502. The lowest BCUT2D eigenvalue weighted by atomic mass is 10.0. The van der Waals surface area contributed by atoms with Gasteiger partial charge in [0.25, 0.3) is 0 Å². The summed E-state index contributed by atoms with van der Waals surface area (Å²) in [6, 6.07) is 8.04. The smallest absolute Gasteiger partial charge is 0.242 e. The van der Waals surface area contributed by atoms with Gasteiger partial charge in [0.2, 0.25) is 17.7 Å². The molecule has 0 saturated carbocycles. The lowest BCUT2D eigenvalue weighted by Crippen LogP contribution is -2.52. The minimum atomic E-state index is -0.689. The van der Waals surface area contributed by atoms with Crippen LogP contribution in [-0.2, 0) is 20.8 Å². The maximum absolute atomic E-state index is 12.0. The first kappa shape index (κ1) is 16.7. The summed E-state index contributed by atoms with van der Waals surface area (Å²) in [6.45, 7) is 2.91. The summed E-state index contributed by atoms with van der Waals surface area (Å²) in [4.78, 5) is 34.8. The second-order valence-electron chi connectivity index (χ2n) is 4.79. The molecule has 6 nitrogen and oxygen atoms in total. The van der Waals surface area contributed by atoms with E-state index in [1.54, 1.807) is 6.92 Å². The van der Waals surface area contributed by atoms with E-state index >= 15 is 0 Å². The van der Waals surface area contributed by atoms with Crippen LogP contribution < -0.4 is 16.0 Å². The monoisotopic (exact) mass is 291 g/mol. The number of nitrogens with one attached hydrogen (secondary N) is 3. The maximum Gasteiger partial charge on any atom is 0.242 e. The fraction of sp³-hybridized carbons (Fsp3) is 0.400. The first-order valence-corrected chi connectivity index (χ1v) is 6.77. The van der Waals surface area contributed by atoms with Crippen molar-refractivity contribution >= 4 is 17.7 Å². The van der Waals surface area contributed by atoms with E-state index in [1.807, 2.05) is 30.3 Å². The number of amides is 3. The molecule has 0 aliphatic heterocycles. The van der Waals surface area contributed by atoms with Gasteiger partial charge in [0.15, 0.2) is 0 Å². The van der Waals surface area contributed by atoms with Crippen molar-refractivity contribution < 1.29 is 14.4 Å². The second kappa shape index (κ2) is 8.04. The zero-order valence-corrected chi connectivity index (χ0v) is 12.5. The number of benzene rings is 1. The van der Waals surface area contributed by atoms with E-state index in [-0.39, 0.29) is 11.8 Å². The summed E-state index contributed by atoms with van der Waals surface area (Å²) in [5.41, 5.74) is 0.943. The highest BCUT2D eigenvalue weighted by molar-refractivity contribution is 5.91. The highest BCUT2D eigenvalue weighted by Crippen LogP contribution is 2.04. The first-order chi connectivity index (χ1) is 9.93. The Labute approximate surface area is 124 Å². The van der Waals surface area contributed by atoms with Gasteiger partial charge < -0.3 is 16.0 Å². The molecule has 21 heavy (non-hydrogen) atoms. The van der Waals surface area contributed by atoms with Crippen molar-refractivity contribution in [1.29, 1.82) is 0 Å². The van der Waals surface area contributed by atoms with Crippen LogP contribution in [0.15, 0.2) is 30.3 Å². The topological polar surface area (TPSA) is 87.3 Å². The molecule has 0 aliphatic rings. The molecule has 3 N–H and O–H groups in total. The highest BCUT2D eigenvalue weighted by Gasteiger charge is 2.23. The highest BCUT2D eigenvalue weighted by atomic mass is 16.2. The van der Waals surface area contributed by atoms with Gasteiger partial charge in [0.1, 0.15) is 12.1 Å². The lowest BCUT2D eigenvalue weighted by molar-refractivity contribution is -0.131. The average Bonchev–Trinajstić information content (AvgIpc) is 2.46. The van der Waals surface area contributed by atoms with Crippen molar-refractivity contribution in [2.75, 3.05) is 7.05 Å². The molecule has 3 amide bonds. The Kier molecular flexibility index (Phi) is 6.39. The molecule has 1 aromatic rings. The SMILES string of the molecule is CNC(=O)[C@H](Cc1ccccc1)NC(=O)[C@H](C)NC(C)=O. The Hall–Kier alpha value is -2.37. The van der Waals surface area contributed by atoms with E-state index < -0.39 is 18.0 Å². The van der Waals surface area contributed by atoms with Crippen molar-refractivity contribution in [3.63, 3.8) is 0 Å². The van der Waals surface area contributed by atoms with Crippen LogP contribution in [0.2, 0.25) is 0 Å². The number of rotatable bonds is 6. The van der Waals surface area contributed by atoms with Crippen LogP contribution in [0.1, 0.15) is 19.4 Å². The molecular weight excluding hydrogens is 270 g/mol. The Morgan fingerprint density at radius 2 is 1.67 bits per heavy atom. The second-order valence-corrected chi connectivity index (χ2v) is 4.79. The summed E-state index contributed by atoms with van der Waals surface area (Å²) in [5, 5.41) is 7.67. The van der Waals surface area contributed by atoms with Gasteiger partial charge in [0, 0.05) is 20.4 Å². The predicted octanol–water partition coefficient (Wildman–Crippen LogP) is -0.0155. The summed E-state index contributed by atoms with van der Waals surface area (Å²) in [5.74, 6) is -0.964. The Balaban J connectivity index is 2.72. The van der Waals surface area contributed by atoms with Gasteiger partial charge in [-0.15, -0.1) is 0 Å². The molecule has 1 aromatic carbocycles. The largest absolute Gasteiger partial charge is 0.357 e. The minimum Gasteiger partial charge on any atom is -0.357 e. The Morgan fingerprint density at radius 3 is 2.19 bits per heavy atom. The zero-order valence-electron chi connectivity index (χ0n) is 12.5. The molecule has 0 fully saturated rings. The summed E-state index contributed by atoms with van der Waals surface area (Å²) >= 11 is 0. The van der Waals surface area contributed by atoms with E-state index in [0.717, 1.165) is 5.56 Å². The number of hydrogen-bond acceptors (Lipinski definition) is 3. The van der Waals surface area contributed by atoms with E-state index in [2.05, 4.69) is 16.0 Å². The van der Waals surface area contributed by atoms with Crippen molar-refractivity contribution in [3.05, 3.63) is 35.9 Å². The molecule has 1 rings (SSSR count).